The zero-order valence-corrected chi connectivity index (χ0v) is 13.3. The molecule has 1 amide bonds. The van der Waals surface area contributed by atoms with Crippen molar-refractivity contribution in [3.05, 3.63) is 0 Å². The molecule has 1 heterocycles. The van der Waals surface area contributed by atoms with Crippen LogP contribution in [0.3, 0.4) is 0 Å². The Morgan fingerprint density at radius 3 is 2.45 bits per heavy atom. The Kier molecular flexibility index (Phi) is 4.59. The predicted octanol–water partition coefficient (Wildman–Crippen LogP) is 1.72. The van der Waals surface area contributed by atoms with Crippen molar-refractivity contribution < 1.29 is 14.3 Å². The van der Waals surface area contributed by atoms with Crippen molar-refractivity contribution in [1.29, 1.82) is 0 Å². The Labute approximate surface area is 122 Å². The standard InChI is InChI=1S/C15H28N2O3/c1-10(9-19-5)6-16-13-11-7-17(8-12(11)13)14(18)20-15(2,3)4/h10-13,16H,6-9H2,1-5H3. The van der Waals surface area contributed by atoms with Crippen LogP contribution in [0.2, 0.25) is 0 Å². The quantitative estimate of drug-likeness (QED) is 0.835. The Hall–Kier alpha value is -0.810. The Morgan fingerprint density at radius 1 is 1.35 bits per heavy atom. The minimum atomic E-state index is -0.406. The summed E-state index contributed by atoms with van der Waals surface area (Å²) in [6.07, 6.45) is -0.170. The van der Waals surface area contributed by atoms with Crippen molar-refractivity contribution in [1.82, 2.24) is 10.2 Å². The van der Waals surface area contributed by atoms with E-state index in [2.05, 4.69) is 12.2 Å². The van der Waals surface area contributed by atoms with Gasteiger partial charge in [-0.05, 0) is 38.5 Å². The first-order valence-corrected chi connectivity index (χ1v) is 7.52. The van der Waals surface area contributed by atoms with Crippen molar-refractivity contribution in [2.24, 2.45) is 17.8 Å². The molecule has 1 N–H and O–H groups in total. The highest BCUT2D eigenvalue weighted by atomic mass is 16.6. The molecule has 1 saturated heterocycles. The van der Waals surface area contributed by atoms with Crippen molar-refractivity contribution in [3.63, 3.8) is 0 Å². The minimum absolute atomic E-state index is 0.170. The summed E-state index contributed by atoms with van der Waals surface area (Å²) in [4.78, 5) is 13.8. The predicted molar refractivity (Wildman–Crippen MR) is 77.6 cm³/mol. The number of carbonyl (C=O) groups excluding carboxylic acids is 1. The third kappa shape index (κ3) is 3.85. The lowest BCUT2D eigenvalue weighted by molar-refractivity contribution is 0.0269. The van der Waals surface area contributed by atoms with E-state index in [0.717, 1.165) is 26.2 Å². The van der Waals surface area contributed by atoms with Crippen LogP contribution >= 0.6 is 0 Å². The Bertz CT molecular complexity index is 342. The molecule has 1 aliphatic carbocycles. The maximum absolute atomic E-state index is 12.0. The van der Waals surface area contributed by atoms with Crippen LogP contribution in [-0.2, 0) is 9.47 Å². The molecule has 5 heteroatoms. The van der Waals surface area contributed by atoms with Crippen LogP contribution in [0.1, 0.15) is 27.7 Å². The minimum Gasteiger partial charge on any atom is -0.444 e. The largest absolute Gasteiger partial charge is 0.444 e. The average Bonchev–Trinajstić information content (AvgIpc) is 2.77. The van der Waals surface area contributed by atoms with E-state index in [0.29, 0.717) is 23.8 Å². The summed E-state index contributed by atoms with van der Waals surface area (Å²) in [6.45, 7) is 11.3. The third-order valence-corrected chi connectivity index (χ3v) is 4.00. The molecule has 2 fully saturated rings. The van der Waals surface area contributed by atoms with E-state index in [4.69, 9.17) is 9.47 Å². The van der Waals surface area contributed by atoms with E-state index in [1.807, 2.05) is 25.7 Å². The highest BCUT2D eigenvalue weighted by molar-refractivity contribution is 5.69. The van der Waals surface area contributed by atoms with Gasteiger partial charge in [0.1, 0.15) is 5.60 Å². The number of rotatable bonds is 5. The lowest BCUT2D eigenvalue weighted by Crippen LogP contribution is -2.39. The van der Waals surface area contributed by atoms with Gasteiger partial charge >= 0.3 is 6.09 Å². The molecule has 5 nitrogen and oxygen atoms in total. The second kappa shape index (κ2) is 5.90. The summed E-state index contributed by atoms with van der Waals surface area (Å²) in [5.74, 6) is 1.75. The van der Waals surface area contributed by atoms with Crippen molar-refractivity contribution in [3.8, 4) is 0 Å². The fourth-order valence-corrected chi connectivity index (χ4v) is 2.99. The number of likely N-dealkylation sites (tertiary alicyclic amines) is 1. The van der Waals surface area contributed by atoms with Gasteiger partial charge in [-0.1, -0.05) is 6.92 Å². The van der Waals surface area contributed by atoms with Crippen molar-refractivity contribution in [2.75, 3.05) is 33.4 Å². The number of carbonyl (C=O) groups is 1. The monoisotopic (exact) mass is 284 g/mol. The molecular formula is C15H28N2O3. The molecule has 0 spiro atoms. The van der Waals surface area contributed by atoms with Gasteiger partial charge in [0.05, 0.1) is 0 Å². The normalized spacial score (nSPS) is 30.1. The van der Waals surface area contributed by atoms with Crippen LogP contribution in [0, 0.1) is 17.8 Å². The Morgan fingerprint density at radius 2 is 1.95 bits per heavy atom. The topological polar surface area (TPSA) is 50.8 Å². The van der Waals surface area contributed by atoms with Gasteiger partial charge in [-0.25, -0.2) is 4.79 Å². The fraction of sp³-hybridized carbons (Fsp3) is 0.933. The van der Waals surface area contributed by atoms with Gasteiger partial charge in [0, 0.05) is 39.4 Å². The number of amides is 1. The molecular weight excluding hydrogens is 256 g/mol. The number of ether oxygens (including phenoxy) is 2. The van der Waals surface area contributed by atoms with Gasteiger partial charge < -0.3 is 19.7 Å². The lowest BCUT2D eigenvalue weighted by atomic mass is 10.2. The zero-order chi connectivity index (χ0) is 14.9. The molecule has 3 unspecified atom stereocenters. The number of nitrogens with one attached hydrogen (secondary N) is 1. The summed E-state index contributed by atoms with van der Waals surface area (Å²) in [6, 6.07) is 0.577. The molecule has 116 valence electrons. The fourth-order valence-electron chi connectivity index (χ4n) is 2.99. The second-order valence-corrected chi connectivity index (χ2v) is 7.21. The molecule has 1 aliphatic heterocycles. The third-order valence-electron chi connectivity index (χ3n) is 4.00. The summed E-state index contributed by atoms with van der Waals surface area (Å²) in [7, 11) is 1.74. The van der Waals surface area contributed by atoms with E-state index >= 15 is 0 Å². The van der Waals surface area contributed by atoms with E-state index in [1.54, 1.807) is 7.11 Å². The first-order chi connectivity index (χ1) is 9.31. The van der Waals surface area contributed by atoms with Crippen LogP contribution in [0.5, 0.6) is 0 Å². The molecule has 20 heavy (non-hydrogen) atoms. The van der Waals surface area contributed by atoms with E-state index in [9.17, 15) is 4.79 Å². The number of hydrogen-bond donors (Lipinski definition) is 1. The number of nitrogens with zero attached hydrogens (tertiary/aromatic N) is 1. The number of fused-ring (bicyclic) bond motifs is 1. The summed E-state index contributed by atoms with van der Waals surface area (Å²) in [5, 5.41) is 3.59. The van der Waals surface area contributed by atoms with E-state index in [-0.39, 0.29) is 6.09 Å². The lowest BCUT2D eigenvalue weighted by Gasteiger charge is -2.26. The molecule has 1 saturated carbocycles. The van der Waals surface area contributed by atoms with Gasteiger partial charge in [0.25, 0.3) is 0 Å². The number of hydrogen-bond acceptors (Lipinski definition) is 4. The van der Waals surface area contributed by atoms with Gasteiger partial charge in [-0.15, -0.1) is 0 Å². The maximum Gasteiger partial charge on any atom is 0.410 e. The van der Waals surface area contributed by atoms with Crippen LogP contribution in [0.25, 0.3) is 0 Å². The molecule has 2 rings (SSSR count). The van der Waals surface area contributed by atoms with E-state index < -0.39 is 5.60 Å². The van der Waals surface area contributed by atoms with Gasteiger partial charge in [0.15, 0.2) is 0 Å². The van der Waals surface area contributed by atoms with Crippen LogP contribution in [0.15, 0.2) is 0 Å². The number of piperidine rings is 1. The second-order valence-electron chi connectivity index (χ2n) is 7.21. The van der Waals surface area contributed by atoms with Gasteiger partial charge in [0.2, 0.25) is 0 Å². The van der Waals surface area contributed by atoms with Crippen molar-refractivity contribution in [2.45, 2.75) is 39.3 Å². The van der Waals surface area contributed by atoms with Gasteiger partial charge in [-0.2, -0.15) is 0 Å². The highest BCUT2D eigenvalue weighted by Gasteiger charge is 2.56. The number of methoxy groups -OCH3 is 1. The highest BCUT2D eigenvalue weighted by Crippen LogP contribution is 2.45. The van der Waals surface area contributed by atoms with E-state index in [1.165, 1.54) is 0 Å². The first kappa shape index (κ1) is 15.6. The van der Waals surface area contributed by atoms with Crippen LogP contribution in [0.4, 0.5) is 4.79 Å². The average molecular weight is 284 g/mol. The summed E-state index contributed by atoms with van der Waals surface area (Å²) in [5.41, 5.74) is -0.406. The van der Waals surface area contributed by atoms with Gasteiger partial charge in [-0.3, -0.25) is 0 Å². The molecule has 2 aliphatic rings. The zero-order valence-electron chi connectivity index (χ0n) is 13.3. The van der Waals surface area contributed by atoms with Crippen molar-refractivity contribution >= 4 is 6.09 Å². The molecule has 0 radical (unpaired) electrons. The molecule has 0 aromatic rings. The SMILES string of the molecule is COCC(C)CNC1C2CN(C(=O)OC(C)(C)C)CC21. The first-order valence-electron chi connectivity index (χ1n) is 7.52. The summed E-state index contributed by atoms with van der Waals surface area (Å²) < 4.78 is 10.5. The summed E-state index contributed by atoms with van der Waals surface area (Å²) >= 11 is 0. The molecule has 3 atom stereocenters. The molecule has 0 bridgehead atoms. The molecule has 0 aromatic heterocycles. The molecule has 0 aromatic carbocycles. The maximum atomic E-state index is 12.0. The smallest absolute Gasteiger partial charge is 0.410 e. The van der Waals surface area contributed by atoms with Crippen LogP contribution < -0.4 is 5.32 Å². The van der Waals surface area contributed by atoms with Crippen LogP contribution in [-0.4, -0.2) is 56.0 Å². The Balaban J connectivity index is 1.67.